The van der Waals surface area contributed by atoms with Crippen LogP contribution in [-0.2, 0) is 11.2 Å². The molecule has 3 heterocycles. The van der Waals surface area contributed by atoms with Crippen LogP contribution in [0.2, 0.25) is 5.02 Å². The van der Waals surface area contributed by atoms with E-state index >= 15 is 0 Å². The van der Waals surface area contributed by atoms with Crippen LogP contribution in [-0.4, -0.2) is 65.5 Å². The van der Waals surface area contributed by atoms with Gasteiger partial charge >= 0.3 is 0 Å². The van der Waals surface area contributed by atoms with E-state index in [9.17, 15) is 4.79 Å². The summed E-state index contributed by atoms with van der Waals surface area (Å²) in [5, 5.41) is 0.667. The van der Waals surface area contributed by atoms with Gasteiger partial charge in [0.05, 0.1) is 17.8 Å². The Labute approximate surface area is 248 Å². The number of fused-ring (bicyclic) bond motifs is 1. The second-order valence-electron chi connectivity index (χ2n) is 9.51. The van der Waals surface area contributed by atoms with E-state index in [-0.39, 0.29) is 49.0 Å². The molecule has 1 aliphatic heterocycles. The number of hydrogen-bond donors (Lipinski definition) is 0. The van der Waals surface area contributed by atoms with Crippen molar-refractivity contribution in [1.29, 1.82) is 0 Å². The smallest absolute Gasteiger partial charge is 0.232 e. The molecule has 206 valence electrons. The first-order valence-electron chi connectivity index (χ1n) is 12.3. The van der Waals surface area contributed by atoms with Gasteiger partial charge in [0, 0.05) is 62.2 Å². The lowest BCUT2D eigenvalue weighted by molar-refractivity contribution is -0.132. The molecule has 2 aliphatic rings. The van der Waals surface area contributed by atoms with Crippen LogP contribution in [0.25, 0.3) is 0 Å². The Hall–Kier alpha value is -2.32. The fourth-order valence-corrected chi connectivity index (χ4v) is 5.34. The van der Waals surface area contributed by atoms with Gasteiger partial charge in [0.1, 0.15) is 12.1 Å². The van der Waals surface area contributed by atoms with E-state index in [0.29, 0.717) is 30.6 Å². The number of pyridine rings is 1. The quantitative estimate of drug-likeness (QED) is 0.377. The third-order valence-corrected chi connectivity index (χ3v) is 7.51. The number of carbonyl (C=O) groups excluding carboxylic acids is 1. The fraction of sp³-hybridized carbons (Fsp3) is 0.407. The molecular formula is C27H34Cl4N6O. The van der Waals surface area contributed by atoms with Crippen LogP contribution in [0.5, 0.6) is 0 Å². The molecule has 0 N–H and O–H groups in total. The summed E-state index contributed by atoms with van der Waals surface area (Å²) in [4.78, 5) is 33.6. The number of benzene rings is 1. The number of hydrogen-bond acceptors (Lipinski definition) is 6. The number of halogens is 4. The van der Waals surface area contributed by atoms with Crippen molar-refractivity contribution in [1.82, 2.24) is 19.9 Å². The van der Waals surface area contributed by atoms with Gasteiger partial charge in [0.15, 0.2) is 0 Å². The number of nitrogens with zero attached hydrogens (tertiary/aromatic N) is 6. The second kappa shape index (κ2) is 14.2. The summed E-state index contributed by atoms with van der Waals surface area (Å²) < 4.78 is 0. The van der Waals surface area contributed by atoms with Gasteiger partial charge in [-0.1, -0.05) is 30.7 Å². The molecule has 1 aromatic carbocycles. The molecule has 1 aliphatic carbocycles. The lowest BCUT2D eigenvalue weighted by atomic mass is 9.96. The number of piperazine rings is 1. The zero-order chi connectivity index (χ0) is 24.4. The molecule has 0 spiro atoms. The zero-order valence-electron chi connectivity index (χ0n) is 21.5. The minimum atomic E-state index is -0.299. The van der Waals surface area contributed by atoms with Crippen LogP contribution in [0, 0.1) is 0 Å². The summed E-state index contributed by atoms with van der Waals surface area (Å²) >= 11 is 6.14. The predicted molar refractivity (Wildman–Crippen MR) is 161 cm³/mol. The van der Waals surface area contributed by atoms with Gasteiger partial charge in [-0.2, -0.15) is 0 Å². The van der Waals surface area contributed by atoms with E-state index in [1.54, 1.807) is 12.5 Å². The van der Waals surface area contributed by atoms with Crippen molar-refractivity contribution < 1.29 is 4.79 Å². The van der Waals surface area contributed by atoms with Gasteiger partial charge in [-0.05, 0) is 48.6 Å². The summed E-state index contributed by atoms with van der Waals surface area (Å²) in [5.74, 6) is 1.38. The van der Waals surface area contributed by atoms with E-state index in [1.807, 2.05) is 54.5 Å². The van der Waals surface area contributed by atoms with E-state index in [2.05, 4.69) is 31.7 Å². The summed E-state index contributed by atoms with van der Waals surface area (Å²) in [6.45, 7) is 5.71. The third kappa shape index (κ3) is 6.81. The Morgan fingerprint density at radius 1 is 1.08 bits per heavy atom. The monoisotopic (exact) mass is 598 g/mol. The van der Waals surface area contributed by atoms with Gasteiger partial charge in [-0.25, -0.2) is 9.97 Å². The average molecular weight is 600 g/mol. The SMILES string of the molecule is C[C@@H]1CCc2ncnc(N3CCN(C(=O)C(CN(C)c4cccnc4)c4ccc(Cl)cc4)CC3)c21.Cl.Cl.Cl. The molecule has 0 saturated carbocycles. The topological polar surface area (TPSA) is 65.5 Å². The van der Waals surface area contributed by atoms with Crippen molar-refractivity contribution >= 4 is 66.2 Å². The summed E-state index contributed by atoms with van der Waals surface area (Å²) in [6.07, 6.45) is 7.43. The largest absolute Gasteiger partial charge is 0.372 e. The maximum absolute atomic E-state index is 13.8. The van der Waals surface area contributed by atoms with Crippen molar-refractivity contribution in [2.24, 2.45) is 0 Å². The molecule has 1 amide bonds. The first kappa shape index (κ1) is 31.9. The summed E-state index contributed by atoms with van der Waals surface area (Å²) in [7, 11) is 2.00. The number of carbonyl (C=O) groups is 1. The van der Waals surface area contributed by atoms with Gasteiger partial charge in [0.2, 0.25) is 5.91 Å². The molecule has 5 rings (SSSR count). The zero-order valence-corrected chi connectivity index (χ0v) is 24.7. The Morgan fingerprint density at radius 3 is 2.45 bits per heavy atom. The number of anilines is 2. The van der Waals surface area contributed by atoms with Crippen LogP contribution in [0.3, 0.4) is 0 Å². The van der Waals surface area contributed by atoms with Crippen LogP contribution < -0.4 is 9.80 Å². The highest BCUT2D eigenvalue weighted by molar-refractivity contribution is 6.30. The van der Waals surface area contributed by atoms with Gasteiger partial charge in [-0.15, -0.1) is 37.2 Å². The average Bonchev–Trinajstić information content (AvgIpc) is 3.29. The van der Waals surface area contributed by atoms with Crippen molar-refractivity contribution in [3.63, 3.8) is 0 Å². The number of aryl methyl sites for hydroxylation is 1. The molecule has 2 atom stereocenters. The van der Waals surface area contributed by atoms with E-state index < -0.39 is 0 Å². The van der Waals surface area contributed by atoms with Gasteiger partial charge in [-0.3, -0.25) is 9.78 Å². The number of amides is 1. The number of aromatic nitrogens is 3. The standard InChI is InChI=1S/C27H31ClN6O.3ClH/c1-19-5-10-24-25(19)26(31-18-30-24)33-12-14-34(15-13-33)27(35)23(20-6-8-21(28)9-7-20)17-32(2)22-4-3-11-29-16-22;;;/h3-4,6-9,11,16,18-19,23H,5,10,12-15,17H2,1-2H3;3*1H/t19-,23?;;;/m1.../s1. The fourth-order valence-electron chi connectivity index (χ4n) is 5.21. The highest BCUT2D eigenvalue weighted by Crippen LogP contribution is 2.37. The Balaban J connectivity index is 0.00000169. The van der Waals surface area contributed by atoms with Crippen LogP contribution in [0.4, 0.5) is 11.5 Å². The number of rotatable bonds is 6. The van der Waals surface area contributed by atoms with E-state index in [1.165, 1.54) is 11.3 Å². The second-order valence-corrected chi connectivity index (χ2v) is 9.94. The summed E-state index contributed by atoms with van der Waals surface area (Å²) in [5.41, 5.74) is 4.43. The third-order valence-electron chi connectivity index (χ3n) is 7.26. The molecule has 1 fully saturated rings. The molecule has 38 heavy (non-hydrogen) atoms. The Kier molecular flexibility index (Phi) is 11.9. The number of likely N-dealkylation sites (N-methyl/N-ethyl adjacent to an activating group) is 1. The first-order chi connectivity index (χ1) is 17.0. The highest BCUT2D eigenvalue weighted by atomic mass is 35.5. The molecule has 1 saturated heterocycles. The molecule has 7 nitrogen and oxygen atoms in total. The molecule has 11 heteroatoms. The molecule has 3 aromatic rings. The minimum absolute atomic E-state index is 0. The molecule has 0 radical (unpaired) electrons. The summed E-state index contributed by atoms with van der Waals surface area (Å²) in [6, 6.07) is 11.6. The van der Waals surface area contributed by atoms with E-state index in [4.69, 9.17) is 11.6 Å². The van der Waals surface area contributed by atoms with Crippen molar-refractivity contribution in [3.8, 4) is 0 Å². The van der Waals surface area contributed by atoms with E-state index in [0.717, 1.165) is 43.0 Å². The van der Waals surface area contributed by atoms with Gasteiger partial charge < -0.3 is 14.7 Å². The first-order valence-corrected chi connectivity index (χ1v) is 12.6. The van der Waals surface area contributed by atoms with Crippen LogP contribution in [0.15, 0.2) is 55.1 Å². The lowest BCUT2D eigenvalue weighted by Gasteiger charge is -2.38. The normalized spacial score (nSPS) is 16.9. The minimum Gasteiger partial charge on any atom is -0.372 e. The van der Waals surface area contributed by atoms with Gasteiger partial charge in [0.25, 0.3) is 0 Å². The Bertz CT molecular complexity index is 1180. The van der Waals surface area contributed by atoms with Crippen molar-refractivity contribution in [2.75, 3.05) is 49.6 Å². The molecular weight excluding hydrogens is 566 g/mol. The lowest BCUT2D eigenvalue weighted by Crippen LogP contribution is -2.51. The van der Waals surface area contributed by atoms with Crippen LogP contribution in [0.1, 0.15) is 42.0 Å². The predicted octanol–water partition coefficient (Wildman–Crippen LogP) is 5.41. The van der Waals surface area contributed by atoms with Crippen molar-refractivity contribution in [2.45, 2.75) is 31.6 Å². The van der Waals surface area contributed by atoms with Crippen molar-refractivity contribution in [3.05, 3.63) is 77.0 Å². The molecule has 1 unspecified atom stereocenters. The molecule has 0 bridgehead atoms. The Morgan fingerprint density at radius 2 is 1.79 bits per heavy atom. The maximum Gasteiger partial charge on any atom is 0.232 e. The maximum atomic E-state index is 13.8. The van der Waals surface area contributed by atoms with Crippen LogP contribution >= 0.6 is 48.8 Å². The highest BCUT2D eigenvalue weighted by Gasteiger charge is 2.32. The molecule has 2 aromatic heterocycles.